The van der Waals surface area contributed by atoms with Crippen molar-refractivity contribution >= 4 is 29.0 Å². The molecular weight excluding hydrogens is 228 g/mol. The molecule has 6 heteroatoms. The number of hydrogen-bond acceptors (Lipinski definition) is 4. The summed E-state index contributed by atoms with van der Waals surface area (Å²) in [6.07, 6.45) is 4.23. The second-order valence-electron chi connectivity index (χ2n) is 4.12. The molecule has 5 nitrogen and oxygen atoms in total. The molecule has 1 amide bonds. The molecule has 0 radical (unpaired) electrons. The number of nitrogens with one attached hydrogen (secondary N) is 1. The van der Waals surface area contributed by atoms with E-state index in [1.807, 2.05) is 0 Å². The van der Waals surface area contributed by atoms with E-state index in [4.69, 9.17) is 11.6 Å². The number of carbonyl (C=O) groups is 1. The maximum atomic E-state index is 11.6. The summed E-state index contributed by atoms with van der Waals surface area (Å²) < 4.78 is 0. The second-order valence-corrected chi connectivity index (χ2v) is 4.46. The summed E-state index contributed by atoms with van der Waals surface area (Å²) in [4.78, 5) is 21.9. The summed E-state index contributed by atoms with van der Waals surface area (Å²) in [5.74, 6) is 0.787. The fourth-order valence-electron chi connectivity index (χ4n) is 2.40. The number of rotatable bonds is 0. The average molecular weight is 239 g/mol. The molecular formula is C10H11ClN4O. The number of halogens is 1. The molecule has 3 rings (SSSR count). The molecule has 1 aromatic heterocycles. The van der Waals surface area contributed by atoms with E-state index in [1.165, 1.54) is 0 Å². The van der Waals surface area contributed by atoms with Crippen LogP contribution in [0.5, 0.6) is 0 Å². The first-order chi connectivity index (χ1) is 7.74. The van der Waals surface area contributed by atoms with Gasteiger partial charge in [-0.2, -0.15) is 4.98 Å². The Balaban J connectivity index is 2.10. The standard InChI is InChI=1S/C10H11ClN4O/c11-10-12-5-7-9(14-10)15-3-1-2-6(15)4-8(16)13-7/h5-6H,1-4H2,(H,13,16)/t6-/m0/s1. The summed E-state index contributed by atoms with van der Waals surface area (Å²) in [5.41, 5.74) is 0.666. The maximum Gasteiger partial charge on any atom is 0.226 e. The summed E-state index contributed by atoms with van der Waals surface area (Å²) in [6, 6.07) is 0.257. The number of nitrogens with zero attached hydrogens (tertiary/aromatic N) is 3. The lowest BCUT2D eigenvalue weighted by atomic mass is 10.1. The van der Waals surface area contributed by atoms with E-state index in [0.717, 1.165) is 25.2 Å². The Bertz CT molecular complexity index is 450. The zero-order valence-corrected chi connectivity index (χ0v) is 9.37. The number of amides is 1. The van der Waals surface area contributed by atoms with E-state index < -0.39 is 0 Å². The highest BCUT2D eigenvalue weighted by Gasteiger charge is 2.32. The third-order valence-corrected chi connectivity index (χ3v) is 3.27. The summed E-state index contributed by atoms with van der Waals surface area (Å²) in [6.45, 7) is 0.931. The van der Waals surface area contributed by atoms with Gasteiger partial charge < -0.3 is 10.2 Å². The van der Waals surface area contributed by atoms with Gasteiger partial charge in [-0.25, -0.2) is 4.98 Å². The van der Waals surface area contributed by atoms with Crippen molar-refractivity contribution in [3.63, 3.8) is 0 Å². The van der Waals surface area contributed by atoms with Crippen LogP contribution in [0.2, 0.25) is 5.28 Å². The third kappa shape index (κ3) is 1.51. The lowest BCUT2D eigenvalue weighted by Crippen LogP contribution is -2.30. The van der Waals surface area contributed by atoms with E-state index >= 15 is 0 Å². The first-order valence-electron chi connectivity index (χ1n) is 5.33. The molecule has 1 atom stereocenters. The zero-order valence-electron chi connectivity index (χ0n) is 8.61. The van der Waals surface area contributed by atoms with Crippen molar-refractivity contribution in [3.8, 4) is 0 Å². The Morgan fingerprint density at radius 3 is 3.31 bits per heavy atom. The van der Waals surface area contributed by atoms with Gasteiger partial charge in [-0.15, -0.1) is 0 Å². The molecule has 16 heavy (non-hydrogen) atoms. The number of aromatic nitrogens is 2. The van der Waals surface area contributed by atoms with Crippen molar-refractivity contribution in [1.82, 2.24) is 9.97 Å². The molecule has 2 aliphatic heterocycles. The van der Waals surface area contributed by atoms with Crippen LogP contribution in [-0.2, 0) is 4.79 Å². The fourth-order valence-corrected chi connectivity index (χ4v) is 2.53. The van der Waals surface area contributed by atoms with Crippen molar-refractivity contribution in [3.05, 3.63) is 11.5 Å². The van der Waals surface area contributed by atoms with Crippen LogP contribution in [0.1, 0.15) is 19.3 Å². The molecule has 0 aromatic carbocycles. The van der Waals surface area contributed by atoms with E-state index in [9.17, 15) is 4.79 Å². The molecule has 1 N–H and O–H groups in total. The van der Waals surface area contributed by atoms with E-state index in [-0.39, 0.29) is 17.2 Å². The summed E-state index contributed by atoms with van der Waals surface area (Å²) in [5, 5.41) is 3.04. The average Bonchev–Trinajstić information content (AvgIpc) is 2.64. The minimum Gasteiger partial charge on any atom is -0.351 e. The number of anilines is 2. The van der Waals surface area contributed by atoms with Crippen LogP contribution in [0, 0.1) is 0 Å². The van der Waals surface area contributed by atoms with Gasteiger partial charge in [-0.05, 0) is 24.4 Å². The Labute approximate surface area is 97.8 Å². The molecule has 1 fully saturated rings. The lowest BCUT2D eigenvalue weighted by Gasteiger charge is -2.23. The van der Waals surface area contributed by atoms with E-state index in [2.05, 4.69) is 20.2 Å². The Kier molecular flexibility index (Phi) is 2.21. The van der Waals surface area contributed by atoms with E-state index in [0.29, 0.717) is 12.1 Å². The van der Waals surface area contributed by atoms with Crippen LogP contribution >= 0.6 is 11.6 Å². The third-order valence-electron chi connectivity index (χ3n) is 3.08. The predicted octanol–water partition coefficient (Wildman–Crippen LogP) is 1.44. The smallest absolute Gasteiger partial charge is 0.226 e. The Hall–Kier alpha value is -1.36. The normalized spacial score (nSPS) is 23.4. The highest BCUT2D eigenvalue weighted by molar-refractivity contribution is 6.28. The first-order valence-corrected chi connectivity index (χ1v) is 5.71. The molecule has 3 heterocycles. The molecule has 1 aromatic rings. The van der Waals surface area contributed by atoms with Crippen LogP contribution in [0.4, 0.5) is 11.5 Å². The van der Waals surface area contributed by atoms with Gasteiger partial charge in [0.1, 0.15) is 5.69 Å². The summed E-state index contributed by atoms with van der Waals surface area (Å²) >= 11 is 5.80. The van der Waals surface area contributed by atoms with Crippen molar-refractivity contribution in [2.45, 2.75) is 25.3 Å². The number of hydrogen-bond donors (Lipinski definition) is 1. The monoisotopic (exact) mass is 238 g/mol. The van der Waals surface area contributed by atoms with Gasteiger partial charge in [0.05, 0.1) is 6.20 Å². The first kappa shape index (κ1) is 9.84. The predicted molar refractivity (Wildman–Crippen MR) is 60.7 cm³/mol. The van der Waals surface area contributed by atoms with Crippen LogP contribution in [0.15, 0.2) is 6.20 Å². The van der Waals surface area contributed by atoms with Crippen LogP contribution in [-0.4, -0.2) is 28.5 Å². The summed E-state index contributed by atoms with van der Waals surface area (Å²) in [7, 11) is 0. The highest BCUT2D eigenvalue weighted by atomic mass is 35.5. The van der Waals surface area contributed by atoms with Crippen LogP contribution in [0.25, 0.3) is 0 Å². The van der Waals surface area contributed by atoms with Crippen LogP contribution < -0.4 is 10.2 Å². The van der Waals surface area contributed by atoms with Crippen LogP contribution in [0.3, 0.4) is 0 Å². The fraction of sp³-hybridized carbons (Fsp3) is 0.500. The van der Waals surface area contributed by atoms with Gasteiger partial charge >= 0.3 is 0 Å². The number of fused-ring (bicyclic) bond motifs is 3. The highest BCUT2D eigenvalue weighted by Crippen LogP contribution is 2.34. The molecule has 0 saturated carbocycles. The number of carbonyl (C=O) groups excluding carboxylic acids is 1. The molecule has 0 unspecified atom stereocenters. The quantitative estimate of drug-likeness (QED) is 0.695. The Morgan fingerprint density at radius 2 is 2.44 bits per heavy atom. The van der Waals surface area contributed by atoms with Crippen molar-refractivity contribution < 1.29 is 4.79 Å². The SMILES string of the molecule is O=C1C[C@@H]2CCCN2c2nc(Cl)ncc2N1. The minimum absolute atomic E-state index is 0.0292. The molecule has 2 aliphatic rings. The van der Waals surface area contributed by atoms with Gasteiger partial charge in [0.2, 0.25) is 11.2 Å². The molecule has 0 spiro atoms. The van der Waals surface area contributed by atoms with Crippen molar-refractivity contribution in [2.75, 3.05) is 16.8 Å². The van der Waals surface area contributed by atoms with Gasteiger partial charge in [-0.3, -0.25) is 4.79 Å². The minimum atomic E-state index is 0.0292. The van der Waals surface area contributed by atoms with E-state index in [1.54, 1.807) is 6.20 Å². The molecule has 0 aliphatic carbocycles. The van der Waals surface area contributed by atoms with Gasteiger partial charge in [0.15, 0.2) is 5.82 Å². The topological polar surface area (TPSA) is 58.1 Å². The molecule has 1 saturated heterocycles. The van der Waals surface area contributed by atoms with Gasteiger partial charge in [0, 0.05) is 19.0 Å². The molecule has 84 valence electrons. The Morgan fingerprint density at radius 1 is 1.56 bits per heavy atom. The molecule has 0 bridgehead atoms. The zero-order chi connectivity index (χ0) is 11.1. The van der Waals surface area contributed by atoms with Crippen molar-refractivity contribution in [1.29, 1.82) is 0 Å². The van der Waals surface area contributed by atoms with Gasteiger partial charge in [-0.1, -0.05) is 0 Å². The van der Waals surface area contributed by atoms with Crippen molar-refractivity contribution in [2.24, 2.45) is 0 Å². The lowest BCUT2D eigenvalue weighted by molar-refractivity contribution is -0.116. The largest absolute Gasteiger partial charge is 0.351 e. The van der Waals surface area contributed by atoms with Gasteiger partial charge in [0.25, 0.3) is 0 Å². The maximum absolute atomic E-state index is 11.6. The second kappa shape index (κ2) is 3.59.